The monoisotopic (exact) mass is 720 g/mol. The molecule has 51 heavy (non-hydrogen) atoms. The molecule has 4 aliphatic rings. The van der Waals surface area contributed by atoms with E-state index in [0.717, 1.165) is 54.9 Å². The first-order chi connectivity index (χ1) is 24.6. The number of carbonyl (C=O) groups is 2. The number of alkyl halides is 3. The molecule has 4 heterocycles. The van der Waals surface area contributed by atoms with Crippen molar-refractivity contribution in [3.8, 4) is 0 Å². The Morgan fingerprint density at radius 2 is 1.06 bits per heavy atom. The molecule has 0 radical (unpaired) electrons. The first-order valence-electron chi connectivity index (χ1n) is 16.6. The fourth-order valence-corrected chi connectivity index (χ4v) is 6.94. The maximum Gasteiger partial charge on any atom is 0.416 e. The van der Waals surface area contributed by atoms with Crippen LogP contribution in [-0.2, 0) is 15.7 Å². The highest BCUT2D eigenvalue weighted by Crippen LogP contribution is 2.38. The number of morpholine rings is 2. The molecule has 6 atom stereocenters. The summed E-state index contributed by atoms with van der Waals surface area (Å²) in [5.41, 5.74) is 3.58. The minimum absolute atomic E-state index is 0.0384. The van der Waals surface area contributed by atoms with Crippen LogP contribution in [0.15, 0.2) is 97.1 Å². The largest absolute Gasteiger partial charge is 0.416 e. The Morgan fingerprint density at radius 3 is 1.45 bits per heavy atom. The van der Waals surface area contributed by atoms with Crippen LogP contribution in [0, 0.1) is 0 Å². The van der Waals surface area contributed by atoms with Crippen LogP contribution in [0.5, 0.6) is 0 Å². The standard InChI is InChI=1S/C19H18F3N3O2.C18H18ClN3O2/c20-19(21,22)12-4-6-13(7-5-12)24-18(26)25-14-3-1-2-11(8-14)17-16-9-15(27-17)10-23-16;19-12-4-6-13(7-5-12)21-18(23)22-14-3-1-2-11(8-14)17-16-9-15(24-17)10-20-16/h1-8,15-17,23H,9-10H2,(H2,24,25,26);1-8,15-17,20H,9-10H2,(H2,21,22,23)/t2*15-,16-,17+/m11/s1. The van der Waals surface area contributed by atoms with E-state index < -0.39 is 17.8 Å². The third kappa shape index (κ3) is 8.63. The number of anilines is 4. The zero-order valence-corrected chi connectivity index (χ0v) is 27.9. The van der Waals surface area contributed by atoms with Gasteiger partial charge in [0.25, 0.3) is 0 Å². The molecule has 0 aliphatic carbocycles. The molecule has 0 aromatic heterocycles. The van der Waals surface area contributed by atoms with Crippen molar-refractivity contribution in [1.82, 2.24) is 10.6 Å². The minimum atomic E-state index is -4.40. The Kier molecular flexibility index (Phi) is 10.2. The van der Waals surface area contributed by atoms with Crippen molar-refractivity contribution in [3.05, 3.63) is 119 Å². The van der Waals surface area contributed by atoms with Crippen molar-refractivity contribution in [2.75, 3.05) is 34.4 Å². The first kappa shape index (κ1) is 34.8. The van der Waals surface area contributed by atoms with Crippen LogP contribution >= 0.6 is 11.6 Å². The molecule has 4 fully saturated rings. The van der Waals surface area contributed by atoms with Crippen LogP contribution in [0.2, 0.25) is 5.02 Å². The maximum absolute atomic E-state index is 12.6. The zero-order chi connectivity index (χ0) is 35.5. The number of fused-ring (bicyclic) bond motifs is 4. The number of hydrogen-bond acceptors (Lipinski definition) is 6. The summed E-state index contributed by atoms with van der Waals surface area (Å²) >= 11 is 5.84. The van der Waals surface area contributed by atoms with Gasteiger partial charge in [-0.1, -0.05) is 35.9 Å². The first-order valence-corrected chi connectivity index (χ1v) is 17.0. The molecule has 4 aliphatic heterocycles. The predicted molar refractivity (Wildman–Crippen MR) is 189 cm³/mol. The summed E-state index contributed by atoms with van der Waals surface area (Å²) in [6.07, 6.45) is -1.80. The van der Waals surface area contributed by atoms with Crippen LogP contribution in [0.4, 0.5) is 45.5 Å². The molecule has 14 heteroatoms. The Balaban J connectivity index is 0.000000160. The molecule has 10 nitrogen and oxygen atoms in total. The highest BCUT2D eigenvalue weighted by atomic mass is 35.5. The lowest BCUT2D eigenvalue weighted by molar-refractivity contribution is -0.137. The summed E-state index contributed by atoms with van der Waals surface area (Å²) in [6.45, 7) is 1.80. The number of hydrogen-bond donors (Lipinski definition) is 6. The van der Waals surface area contributed by atoms with Crippen molar-refractivity contribution in [1.29, 1.82) is 0 Å². The van der Waals surface area contributed by atoms with Crippen molar-refractivity contribution in [3.63, 3.8) is 0 Å². The van der Waals surface area contributed by atoms with E-state index in [1.807, 2.05) is 42.5 Å². The number of urea groups is 2. The van der Waals surface area contributed by atoms with E-state index in [-0.39, 0.29) is 36.1 Å². The Labute approximate surface area is 297 Å². The van der Waals surface area contributed by atoms with Gasteiger partial charge in [-0.25, -0.2) is 9.59 Å². The van der Waals surface area contributed by atoms with E-state index in [2.05, 4.69) is 31.9 Å². The quantitative estimate of drug-likeness (QED) is 0.120. The number of rotatable bonds is 6. The minimum Gasteiger partial charge on any atom is -0.367 e. The number of nitrogens with one attached hydrogen (secondary N) is 6. The molecule has 0 spiro atoms. The van der Waals surface area contributed by atoms with Gasteiger partial charge >= 0.3 is 18.2 Å². The van der Waals surface area contributed by atoms with Gasteiger partial charge in [-0.3, -0.25) is 0 Å². The molecule has 0 unspecified atom stereocenters. The van der Waals surface area contributed by atoms with Crippen LogP contribution < -0.4 is 31.9 Å². The van der Waals surface area contributed by atoms with Crippen LogP contribution in [-0.4, -0.2) is 49.4 Å². The van der Waals surface area contributed by atoms with Gasteiger partial charge in [0, 0.05) is 52.9 Å². The van der Waals surface area contributed by atoms with Crippen LogP contribution in [0.25, 0.3) is 0 Å². The molecule has 8 rings (SSSR count). The van der Waals surface area contributed by atoms with E-state index in [4.69, 9.17) is 21.1 Å². The van der Waals surface area contributed by atoms with Gasteiger partial charge in [0.2, 0.25) is 0 Å². The van der Waals surface area contributed by atoms with Crippen molar-refractivity contribution in [2.45, 2.75) is 55.5 Å². The van der Waals surface area contributed by atoms with E-state index >= 15 is 0 Å². The number of halogens is 4. The van der Waals surface area contributed by atoms with Crippen LogP contribution in [0.3, 0.4) is 0 Å². The van der Waals surface area contributed by atoms with Gasteiger partial charge in [-0.05, 0) is 96.8 Å². The molecular formula is C37H36ClF3N6O4. The average Bonchev–Trinajstić information content (AvgIpc) is 3.94. The maximum atomic E-state index is 12.6. The van der Waals surface area contributed by atoms with Crippen molar-refractivity contribution >= 4 is 46.4 Å². The number of benzene rings is 4. The molecule has 4 amide bonds. The summed E-state index contributed by atoms with van der Waals surface area (Å²) in [7, 11) is 0. The normalized spacial score (nSPS) is 24.4. The molecular weight excluding hydrogens is 685 g/mol. The highest BCUT2D eigenvalue weighted by Gasteiger charge is 2.42. The smallest absolute Gasteiger partial charge is 0.367 e. The van der Waals surface area contributed by atoms with Gasteiger partial charge in [-0.2, -0.15) is 13.2 Å². The fraction of sp³-hybridized carbons (Fsp3) is 0.297. The molecule has 0 saturated carbocycles. The molecule has 4 aromatic rings. The lowest BCUT2D eigenvalue weighted by Crippen LogP contribution is -2.34. The average molecular weight is 721 g/mol. The van der Waals surface area contributed by atoms with Crippen LogP contribution in [0.1, 0.15) is 41.7 Å². The molecule has 266 valence electrons. The van der Waals surface area contributed by atoms with Crippen molar-refractivity contribution in [2.24, 2.45) is 0 Å². The van der Waals surface area contributed by atoms with Gasteiger partial charge in [0.05, 0.1) is 30.0 Å². The molecule has 4 aromatic carbocycles. The second-order valence-electron chi connectivity index (χ2n) is 12.8. The SMILES string of the molecule is O=C(Nc1ccc(C(F)(F)F)cc1)Nc1cccc([C@@H]2O[C@H]3CN[C@@H]2C3)c1.O=C(Nc1ccc(Cl)cc1)Nc1cccc([C@@H]2O[C@H]3CN[C@@H]2C3)c1. The topological polar surface area (TPSA) is 125 Å². The molecule has 4 saturated heterocycles. The summed E-state index contributed by atoms with van der Waals surface area (Å²) in [5, 5.41) is 18.4. The second-order valence-corrected chi connectivity index (χ2v) is 13.3. The van der Waals surface area contributed by atoms with Gasteiger partial charge < -0.3 is 41.4 Å². The van der Waals surface area contributed by atoms with Gasteiger partial charge in [0.1, 0.15) is 0 Å². The summed E-state index contributed by atoms with van der Waals surface area (Å²) in [4.78, 5) is 24.3. The van der Waals surface area contributed by atoms with E-state index in [1.165, 1.54) is 12.1 Å². The molecule has 6 N–H and O–H groups in total. The van der Waals surface area contributed by atoms with E-state index in [1.54, 1.807) is 30.3 Å². The third-order valence-corrected chi connectivity index (χ3v) is 9.43. The summed E-state index contributed by atoms with van der Waals surface area (Å²) < 4.78 is 49.7. The lowest BCUT2D eigenvalue weighted by Gasteiger charge is -2.24. The Morgan fingerprint density at radius 1 is 0.627 bits per heavy atom. The summed E-state index contributed by atoms with van der Waals surface area (Å²) in [6, 6.07) is 26.3. The third-order valence-electron chi connectivity index (χ3n) is 9.18. The highest BCUT2D eigenvalue weighted by molar-refractivity contribution is 6.30. The number of amides is 4. The summed E-state index contributed by atoms with van der Waals surface area (Å²) in [5.74, 6) is 0. The van der Waals surface area contributed by atoms with Gasteiger partial charge in [-0.15, -0.1) is 0 Å². The predicted octanol–water partition coefficient (Wildman–Crippen LogP) is 7.94. The van der Waals surface area contributed by atoms with E-state index in [9.17, 15) is 22.8 Å². The number of ether oxygens (including phenoxy) is 2. The van der Waals surface area contributed by atoms with Crippen molar-refractivity contribution < 1.29 is 32.2 Å². The fourth-order valence-electron chi connectivity index (χ4n) is 6.81. The molecule has 4 bridgehead atoms. The Hall–Kier alpha value is -4.66. The Bertz CT molecular complexity index is 1860. The van der Waals surface area contributed by atoms with Gasteiger partial charge in [0.15, 0.2) is 0 Å². The second kappa shape index (κ2) is 14.9. The number of carbonyl (C=O) groups excluding carboxylic acids is 2. The zero-order valence-electron chi connectivity index (χ0n) is 27.2. The lowest BCUT2D eigenvalue weighted by atomic mass is 10.0. The van der Waals surface area contributed by atoms with E-state index in [0.29, 0.717) is 28.5 Å².